The van der Waals surface area contributed by atoms with Crippen LogP contribution >= 0.6 is 0 Å². The summed E-state index contributed by atoms with van der Waals surface area (Å²) in [5, 5.41) is 8.28. The normalized spacial score (nSPS) is 15.4. The van der Waals surface area contributed by atoms with Crippen LogP contribution in [0.4, 0.5) is 14.5 Å². The third-order valence-corrected chi connectivity index (χ3v) is 5.37. The van der Waals surface area contributed by atoms with Crippen molar-refractivity contribution in [2.45, 2.75) is 25.7 Å². The molecule has 0 saturated carbocycles. The van der Waals surface area contributed by atoms with Gasteiger partial charge in [0.1, 0.15) is 0 Å². The number of aromatic nitrogens is 6. The van der Waals surface area contributed by atoms with Crippen molar-refractivity contribution >= 4 is 17.2 Å². The molecule has 3 aromatic heterocycles. The largest absolute Gasteiger partial charge is 0.314 e. The fraction of sp³-hybridized carbons (Fsp3) is 0.250. The fourth-order valence-electron chi connectivity index (χ4n) is 3.77. The van der Waals surface area contributed by atoms with E-state index in [9.17, 15) is 13.6 Å². The lowest BCUT2D eigenvalue weighted by molar-refractivity contribution is -0.121. The first-order chi connectivity index (χ1) is 14.3. The highest BCUT2D eigenvalue weighted by atomic mass is 19.3. The van der Waals surface area contributed by atoms with E-state index < -0.39 is 17.7 Å². The first-order valence-corrected chi connectivity index (χ1v) is 9.27. The second-order valence-electron chi connectivity index (χ2n) is 7.64. The lowest BCUT2D eigenvalue weighted by Gasteiger charge is -2.16. The number of carbonyl (C=O) groups is 1. The van der Waals surface area contributed by atoms with Crippen LogP contribution in [0.15, 0.2) is 42.6 Å². The van der Waals surface area contributed by atoms with E-state index in [0.29, 0.717) is 11.2 Å². The zero-order valence-corrected chi connectivity index (χ0v) is 16.4. The molecule has 1 amide bonds. The van der Waals surface area contributed by atoms with Crippen molar-refractivity contribution in [2.75, 3.05) is 11.9 Å². The van der Waals surface area contributed by atoms with E-state index >= 15 is 0 Å². The number of alkyl halides is 2. The summed E-state index contributed by atoms with van der Waals surface area (Å²) in [4.78, 5) is 22.6. The summed E-state index contributed by atoms with van der Waals surface area (Å²) >= 11 is 0. The van der Waals surface area contributed by atoms with Crippen molar-refractivity contribution in [3.05, 3.63) is 54.0 Å². The highest BCUT2D eigenvalue weighted by molar-refractivity contribution is 6.07. The molecular weight excluding hydrogens is 392 g/mol. The summed E-state index contributed by atoms with van der Waals surface area (Å²) in [6.07, 6.45) is -1.14. The Morgan fingerprint density at radius 1 is 1.07 bits per heavy atom. The number of amides is 1. The smallest absolute Gasteiger partial charge is 0.299 e. The quantitative estimate of drug-likeness (QED) is 0.519. The minimum absolute atomic E-state index is 0.0357. The van der Waals surface area contributed by atoms with E-state index in [1.807, 2.05) is 13.8 Å². The van der Waals surface area contributed by atoms with Gasteiger partial charge in [-0.3, -0.25) is 4.79 Å². The Kier molecular flexibility index (Phi) is 3.76. The van der Waals surface area contributed by atoms with Crippen LogP contribution in [0.5, 0.6) is 0 Å². The molecule has 0 radical (unpaired) electrons. The molecule has 152 valence electrons. The van der Waals surface area contributed by atoms with Gasteiger partial charge < -0.3 is 4.90 Å². The third kappa shape index (κ3) is 2.53. The molecular formula is C20H17F2N7O. The Morgan fingerprint density at radius 3 is 2.60 bits per heavy atom. The van der Waals surface area contributed by atoms with Gasteiger partial charge in [0.25, 0.3) is 12.4 Å². The van der Waals surface area contributed by atoms with E-state index in [2.05, 4.69) is 20.2 Å². The second kappa shape index (κ2) is 6.15. The van der Waals surface area contributed by atoms with E-state index in [4.69, 9.17) is 0 Å². The zero-order chi connectivity index (χ0) is 21.2. The van der Waals surface area contributed by atoms with Gasteiger partial charge in [0.15, 0.2) is 11.5 Å². The fourth-order valence-corrected chi connectivity index (χ4v) is 3.77. The number of pyridine rings is 1. The molecule has 0 aliphatic carbocycles. The monoisotopic (exact) mass is 409 g/mol. The van der Waals surface area contributed by atoms with Crippen LogP contribution < -0.4 is 4.90 Å². The van der Waals surface area contributed by atoms with Crippen LogP contribution in [0.25, 0.3) is 23.0 Å². The molecule has 0 fully saturated rings. The molecule has 1 aliphatic rings. The van der Waals surface area contributed by atoms with Crippen molar-refractivity contribution in [1.29, 1.82) is 0 Å². The number of benzene rings is 1. The summed E-state index contributed by atoms with van der Waals surface area (Å²) in [6, 6.07) is 10.7. The number of likely N-dealkylation sites (N-methyl/N-ethyl adjacent to an activating group) is 1. The van der Waals surface area contributed by atoms with Crippen molar-refractivity contribution in [2.24, 2.45) is 0 Å². The predicted molar refractivity (Wildman–Crippen MR) is 105 cm³/mol. The topological polar surface area (TPSA) is 81.2 Å². The number of halogens is 2. The second-order valence-corrected chi connectivity index (χ2v) is 7.64. The molecule has 0 saturated heterocycles. The Balaban J connectivity index is 1.70. The van der Waals surface area contributed by atoms with E-state index in [-0.39, 0.29) is 17.7 Å². The molecule has 4 aromatic rings. The molecule has 4 heterocycles. The number of hydrogen-bond donors (Lipinski definition) is 0. The molecule has 0 unspecified atom stereocenters. The third-order valence-electron chi connectivity index (χ3n) is 5.37. The van der Waals surface area contributed by atoms with Crippen LogP contribution in [0.1, 0.15) is 31.7 Å². The first kappa shape index (κ1) is 18.3. The predicted octanol–water partition coefficient (Wildman–Crippen LogP) is 3.17. The maximum absolute atomic E-state index is 13.4. The average molecular weight is 409 g/mol. The summed E-state index contributed by atoms with van der Waals surface area (Å²) in [5.74, 6) is -0.339. The van der Waals surface area contributed by atoms with Gasteiger partial charge >= 0.3 is 0 Å². The van der Waals surface area contributed by atoms with Gasteiger partial charge in [0.05, 0.1) is 5.41 Å². The van der Waals surface area contributed by atoms with Crippen LogP contribution in [0.2, 0.25) is 0 Å². The number of rotatable bonds is 3. The molecule has 0 bridgehead atoms. The Labute approximate surface area is 169 Å². The number of hydrogen-bond acceptors (Lipinski definition) is 5. The molecule has 10 heteroatoms. The standard InChI is InChI=1S/C20H17F2N7O/c1-20(2)12-10-11(7-8-13(12)27(3)18(20)30)17-24-16(15(21)22)25-29(17)19-23-14-6-4-5-9-28(14)26-19/h4-10,15H,1-3H3. The first-order valence-electron chi connectivity index (χ1n) is 9.27. The Morgan fingerprint density at radius 2 is 1.87 bits per heavy atom. The number of nitrogens with zero attached hydrogens (tertiary/aromatic N) is 7. The van der Waals surface area contributed by atoms with E-state index in [0.717, 1.165) is 11.3 Å². The molecule has 0 spiro atoms. The molecule has 1 aromatic carbocycles. The van der Waals surface area contributed by atoms with Gasteiger partial charge in [-0.25, -0.2) is 18.3 Å². The van der Waals surface area contributed by atoms with Gasteiger partial charge in [0, 0.05) is 24.5 Å². The minimum atomic E-state index is -2.85. The van der Waals surface area contributed by atoms with Gasteiger partial charge in [-0.2, -0.15) is 9.67 Å². The minimum Gasteiger partial charge on any atom is -0.314 e. The summed E-state index contributed by atoms with van der Waals surface area (Å²) in [6.45, 7) is 3.67. The molecule has 0 atom stereocenters. The number of anilines is 1. The highest BCUT2D eigenvalue weighted by Gasteiger charge is 2.42. The summed E-state index contributed by atoms with van der Waals surface area (Å²) < 4.78 is 29.6. The SMILES string of the molecule is CN1C(=O)C(C)(C)c2cc(-c3nc(C(F)F)nn3-c3nc4ccccn4n3)ccc21. The van der Waals surface area contributed by atoms with Crippen molar-refractivity contribution < 1.29 is 13.6 Å². The Bertz CT molecular complexity index is 1270. The maximum Gasteiger partial charge on any atom is 0.299 e. The molecule has 8 nitrogen and oxygen atoms in total. The van der Waals surface area contributed by atoms with Crippen LogP contribution in [-0.2, 0) is 10.2 Å². The van der Waals surface area contributed by atoms with Crippen molar-refractivity contribution in [3.63, 3.8) is 0 Å². The number of fused-ring (bicyclic) bond motifs is 2. The zero-order valence-electron chi connectivity index (χ0n) is 16.4. The maximum atomic E-state index is 13.4. The molecule has 30 heavy (non-hydrogen) atoms. The highest BCUT2D eigenvalue weighted by Crippen LogP contribution is 2.42. The van der Waals surface area contributed by atoms with Crippen molar-refractivity contribution in [1.82, 2.24) is 29.4 Å². The van der Waals surface area contributed by atoms with Gasteiger partial charge in [-0.15, -0.1) is 10.2 Å². The molecule has 0 N–H and O–H groups in total. The van der Waals surface area contributed by atoms with Crippen LogP contribution in [0, 0.1) is 0 Å². The summed E-state index contributed by atoms with van der Waals surface area (Å²) in [7, 11) is 1.72. The van der Waals surface area contributed by atoms with E-state index in [1.165, 1.54) is 9.20 Å². The van der Waals surface area contributed by atoms with Gasteiger partial charge in [0.2, 0.25) is 11.7 Å². The Hall–Kier alpha value is -3.69. The van der Waals surface area contributed by atoms with Gasteiger partial charge in [-0.05, 0) is 49.7 Å². The average Bonchev–Trinajstić information content (AvgIpc) is 3.39. The molecule has 5 rings (SSSR count). The van der Waals surface area contributed by atoms with E-state index in [1.54, 1.807) is 54.5 Å². The van der Waals surface area contributed by atoms with Crippen LogP contribution in [0.3, 0.4) is 0 Å². The number of carbonyl (C=O) groups excluding carboxylic acids is 1. The van der Waals surface area contributed by atoms with Crippen LogP contribution in [-0.4, -0.2) is 42.3 Å². The summed E-state index contributed by atoms with van der Waals surface area (Å²) in [5.41, 5.74) is 1.93. The lowest BCUT2D eigenvalue weighted by Crippen LogP contribution is -2.33. The lowest BCUT2D eigenvalue weighted by atomic mass is 9.85. The van der Waals surface area contributed by atoms with Crippen molar-refractivity contribution in [3.8, 4) is 17.3 Å². The van der Waals surface area contributed by atoms with Gasteiger partial charge in [-0.1, -0.05) is 6.07 Å². The molecule has 1 aliphatic heterocycles.